The fourth-order valence-electron chi connectivity index (χ4n) is 6.54. The van der Waals surface area contributed by atoms with Gasteiger partial charge in [-0.15, -0.1) is 0 Å². The van der Waals surface area contributed by atoms with Crippen LogP contribution in [-0.4, -0.2) is 19.5 Å². The second-order valence-electron chi connectivity index (χ2n) is 11.8. The molecule has 4 nitrogen and oxygen atoms in total. The van der Waals surface area contributed by atoms with Gasteiger partial charge in [-0.2, -0.15) is 0 Å². The third-order valence-corrected chi connectivity index (χ3v) is 9.23. The first kappa shape index (κ1) is 28.1. The van der Waals surface area contributed by atoms with Crippen molar-refractivity contribution in [3.63, 3.8) is 0 Å². The van der Waals surface area contributed by atoms with E-state index in [1.807, 2.05) is 66.7 Å². The number of rotatable bonds is 5. The Kier molecular flexibility index (Phi) is 6.81. The lowest BCUT2D eigenvalue weighted by Crippen LogP contribution is -2.00. The lowest BCUT2D eigenvalue weighted by atomic mass is 10.0. The van der Waals surface area contributed by atoms with Crippen LogP contribution < -0.4 is 0 Å². The number of halogens is 1. The Morgan fingerprint density at radius 2 is 0.917 bits per heavy atom. The van der Waals surface area contributed by atoms with Crippen molar-refractivity contribution in [2.24, 2.45) is 0 Å². The number of hydrogen-bond acceptors (Lipinski definition) is 3. The van der Waals surface area contributed by atoms with Crippen LogP contribution in [-0.2, 0) is 0 Å². The zero-order valence-corrected chi connectivity index (χ0v) is 26.5. The minimum Gasteiger partial charge on any atom is -0.309 e. The molecule has 0 saturated heterocycles. The van der Waals surface area contributed by atoms with Crippen molar-refractivity contribution in [1.82, 2.24) is 19.5 Å². The largest absolute Gasteiger partial charge is 0.309 e. The summed E-state index contributed by atoms with van der Waals surface area (Å²) in [4.78, 5) is 14.6. The van der Waals surface area contributed by atoms with E-state index in [0.29, 0.717) is 22.5 Å². The molecule has 0 aliphatic heterocycles. The second-order valence-corrected chi connectivity index (χ2v) is 12.3. The maximum Gasteiger partial charge on any atom is 0.164 e. The molecule has 0 atom stereocenters. The molecule has 0 unspecified atom stereocenters. The molecule has 2 aromatic heterocycles. The van der Waals surface area contributed by atoms with Crippen molar-refractivity contribution >= 4 is 44.2 Å². The number of para-hydroxylation sites is 1. The van der Waals surface area contributed by atoms with Crippen LogP contribution in [0.2, 0.25) is 5.02 Å². The van der Waals surface area contributed by atoms with Gasteiger partial charge < -0.3 is 4.57 Å². The summed E-state index contributed by atoms with van der Waals surface area (Å²) in [6.07, 6.45) is 0. The molecule has 0 saturated carbocycles. The summed E-state index contributed by atoms with van der Waals surface area (Å²) in [5, 5.41) is 5.59. The molecule has 0 aliphatic rings. The fourth-order valence-corrected chi connectivity index (χ4v) is 6.77. The summed E-state index contributed by atoms with van der Waals surface area (Å²) < 4.78 is 2.34. The highest BCUT2D eigenvalue weighted by Gasteiger charge is 2.16. The van der Waals surface area contributed by atoms with E-state index in [9.17, 15) is 0 Å². The Labute approximate surface area is 282 Å². The van der Waals surface area contributed by atoms with E-state index < -0.39 is 0 Å². The zero-order chi connectivity index (χ0) is 32.0. The van der Waals surface area contributed by atoms with E-state index in [-0.39, 0.29) is 0 Å². The van der Waals surface area contributed by atoms with Gasteiger partial charge >= 0.3 is 0 Å². The lowest BCUT2D eigenvalue weighted by Gasteiger charge is -2.13. The topological polar surface area (TPSA) is 43.6 Å². The standard InChI is InChI=1S/C43H27ClN4/c44-38-24-23-34(48-39-18-10-9-17-35(39)37-25-32-15-7-8-16-33(32)26-40(37)48)27-36(38)28-19-21-31(22-20-28)43-46-41(29-11-3-1-4-12-29)45-42(47-43)30-13-5-2-6-14-30/h1-27H. The van der Waals surface area contributed by atoms with Gasteiger partial charge in [-0.1, -0.05) is 139 Å². The molecule has 48 heavy (non-hydrogen) atoms. The predicted octanol–water partition coefficient (Wildman–Crippen LogP) is 11.4. The average molecular weight is 635 g/mol. The minimum absolute atomic E-state index is 0.617. The Morgan fingerprint density at radius 3 is 1.56 bits per heavy atom. The Hall–Kier alpha value is -6.10. The molecular formula is C43H27ClN4. The van der Waals surface area contributed by atoms with Crippen LogP contribution in [0.1, 0.15) is 0 Å². The van der Waals surface area contributed by atoms with Gasteiger partial charge in [-0.25, -0.2) is 15.0 Å². The van der Waals surface area contributed by atoms with Crippen LogP contribution in [0.3, 0.4) is 0 Å². The Morgan fingerprint density at radius 1 is 0.396 bits per heavy atom. The van der Waals surface area contributed by atoms with E-state index in [2.05, 4.69) is 102 Å². The van der Waals surface area contributed by atoms with Crippen LogP contribution in [0.15, 0.2) is 164 Å². The van der Waals surface area contributed by atoms with E-state index in [0.717, 1.165) is 44.5 Å². The molecule has 226 valence electrons. The van der Waals surface area contributed by atoms with E-state index >= 15 is 0 Å². The van der Waals surface area contributed by atoms with Gasteiger partial charge in [-0.3, -0.25) is 0 Å². The number of nitrogens with zero attached hydrogens (tertiary/aromatic N) is 4. The summed E-state index contributed by atoms with van der Waals surface area (Å²) in [6.45, 7) is 0. The van der Waals surface area contributed by atoms with Crippen molar-refractivity contribution in [1.29, 1.82) is 0 Å². The number of hydrogen-bond donors (Lipinski definition) is 0. The minimum atomic E-state index is 0.617. The van der Waals surface area contributed by atoms with Gasteiger partial charge in [0.1, 0.15) is 0 Å². The van der Waals surface area contributed by atoms with Gasteiger partial charge in [0.25, 0.3) is 0 Å². The van der Waals surface area contributed by atoms with Gasteiger partial charge in [0.15, 0.2) is 17.5 Å². The van der Waals surface area contributed by atoms with E-state index in [1.54, 1.807) is 0 Å². The summed E-state index contributed by atoms with van der Waals surface area (Å²) in [7, 11) is 0. The second kappa shape index (κ2) is 11.6. The highest BCUT2D eigenvalue weighted by atomic mass is 35.5. The van der Waals surface area contributed by atoms with Crippen LogP contribution in [0.5, 0.6) is 0 Å². The molecule has 0 radical (unpaired) electrons. The maximum absolute atomic E-state index is 6.90. The van der Waals surface area contributed by atoms with Crippen molar-refractivity contribution in [3.05, 3.63) is 169 Å². The first-order chi connectivity index (χ1) is 23.7. The van der Waals surface area contributed by atoms with Crippen molar-refractivity contribution in [2.75, 3.05) is 0 Å². The van der Waals surface area contributed by atoms with Crippen LogP contribution in [0.4, 0.5) is 0 Å². The predicted molar refractivity (Wildman–Crippen MR) is 198 cm³/mol. The Balaban J connectivity index is 1.15. The summed E-state index contributed by atoms with van der Waals surface area (Å²) in [5.41, 5.74) is 8.12. The average Bonchev–Trinajstić information content (AvgIpc) is 3.48. The number of benzene rings is 7. The third kappa shape index (κ3) is 4.91. The van der Waals surface area contributed by atoms with Crippen LogP contribution in [0, 0.1) is 0 Å². The molecular weight excluding hydrogens is 608 g/mol. The van der Waals surface area contributed by atoms with Crippen LogP contribution >= 0.6 is 11.6 Å². The molecule has 0 amide bonds. The first-order valence-electron chi connectivity index (χ1n) is 15.9. The van der Waals surface area contributed by atoms with E-state index in [1.165, 1.54) is 21.5 Å². The molecule has 5 heteroatoms. The monoisotopic (exact) mass is 634 g/mol. The quantitative estimate of drug-likeness (QED) is 0.189. The third-order valence-electron chi connectivity index (χ3n) is 8.90. The SMILES string of the molecule is Clc1ccc(-n2c3ccccc3c3cc4ccccc4cc32)cc1-c1ccc(-c2nc(-c3ccccc3)nc(-c3ccccc3)n2)cc1. The van der Waals surface area contributed by atoms with Gasteiger partial charge in [0.2, 0.25) is 0 Å². The first-order valence-corrected chi connectivity index (χ1v) is 16.3. The number of fused-ring (bicyclic) bond motifs is 4. The molecule has 9 rings (SSSR count). The molecule has 9 aromatic rings. The number of aromatic nitrogens is 4. The highest BCUT2D eigenvalue weighted by molar-refractivity contribution is 6.33. The fraction of sp³-hybridized carbons (Fsp3) is 0. The zero-order valence-electron chi connectivity index (χ0n) is 25.8. The van der Waals surface area contributed by atoms with Crippen molar-refractivity contribution in [3.8, 4) is 51.0 Å². The highest BCUT2D eigenvalue weighted by Crippen LogP contribution is 2.38. The molecule has 0 bridgehead atoms. The molecule has 2 heterocycles. The van der Waals surface area contributed by atoms with E-state index in [4.69, 9.17) is 26.6 Å². The van der Waals surface area contributed by atoms with Crippen molar-refractivity contribution in [2.45, 2.75) is 0 Å². The Bertz CT molecular complexity index is 2550. The van der Waals surface area contributed by atoms with Gasteiger partial charge in [-0.05, 0) is 52.7 Å². The van der Waals surface area contributed by atoms with Gasteiger partial charge in [0.05, 0.1) is 11.0 Å². The summed E-state index contributed by atoms with van der Waals surface area (Å²) in [5.74, 6) is 1.89. The molecule has 7 aromatic carbocycles. The summed E-state index contributed by atoms with van der Waals surface area (Å²) >= 11 is 6.90. The van der Waals surface area contributed by atoms with Crippen LogP contribution in [0.25, 0.3) is 83.6 Å². The normalized spacial score (nSPS) is 11.4. The molecule has 0 aliphatic carbocycles. The smallest absolute Gasteiger partial charge is 0.164 e. The molecule has 0 N–H and O–H groups in total. The molecule has 0 spiro atoms. The van der Waals surface area contributed by atoms with Crippen molar-refractivity contribution < 1.29 is 0 Å². The maximum atomic E-state index is 6.90. The molecule has 0 fully saturated rings. The summed E-state index contributed by atoms with van der Waals surface area (Å²) in [6, 6.07) is 56.3. The lowest BCUT2D eigenvalue weighted by molar-refractivity contribution is 1.07. The van der Waals surface area contributed by atoms with Gasteiger partial charge in [0, 0.05) is 43.7 Å².